The molecule has 1 aliphatic rings. The lowest BCUT2D eigenvalue weighted by Gasteiger charge is -2.22. The first kappa shape index (κ1) is 12.5. The van der Waals surface area contributed by atoms with Gasteiger partial charge in [0.25, 0.3) is 0 Å². The summed E-state index contributed by atoms with van der Waals surface area (Å²) in [5.74, 6) is 1.05. The molecule has 0 saturated carbocycles. The Hall–Kier alpha value is -2.04. The molecular weight excluding hydrogens is 307 g/mol. The average molecular weight is 318 g/mol. The fourth-order valence-corrected chi connectivity index (χ4v) is 5.28. The minimum atomic E-state index is -0.00652. The van der Waals surface area contributed by atoms with E-state index in [4.69, 9.17) is 4.65 Å². The fraction of sp³-hybridized carbons (Fsp3) is 0. The van der Waals surface area contributed by atoms with Crippen molar-refractivity contribution in [3.05, 3.63) is 66.0 Å². The van der Waals surface area contributed by atoms with E-state index >= 15 is 0 Å². The molecule has 0 unspecified atom stereocenters. The molecule has 104 valence electrons. The normalized spacial score (nSPS) is 12.8. The summed E-state index contributed by atoms with van der Waals surface area (Å²) in [7, 11) is 0. The predicted octanol–water partition coefficient (Wildman–Crippen LogP) is 4.13. The van der Waals surface area contributed by atoms with Crippen molar-refractivity contribution in [3.8, 4) is 15.5 Å². The third-order valence-electron chi connectivity index (χ3n) is 4.07. The molecule has 0 spiro atoms. The number of thiophene rings is 2. The molecule has 1 nitrogen and oxygen atoms in total. The molecule has 0 aliphatic carbocycles. The molecule has 0 fully saturated rings. The summed E-state index contributed by atoms with van der Waals surface area (Å²) >= 11 is 3.64. The first-order valence-corrected chi connectivity index (χ1v) is 8.92. The monoisotopic (exact) mass is 318 g/mol. The summed E-state index contributed by atoms with van der Waals surface area (Å²) in [6.45, 7) is -0.00652. The molecule has 0 bridgehead atoms. The predicted molar refractivity (Wildman–Crippen MR) is 97.2 cm³/mol. The van der Waals surface area contributed by atoms with Gasteiger partial charge >= 0.3 is 6.92 Å². The Labute approximate surface area is 136 Å². The van der Waals surface area contributed by atoms with Crippen LogP contribution in [0.5, 0.6) is 5.75 Å². The highest BCUT2D eigenvalue weighted by molar-refractivity contribution is 7.27. The second-order valence-electron chi connectivity index (χ2n) is 5.37. The van der Waals surface area contributed by atoms with Crippen LogP contribution >= 0.6 is 22.7 Å². The van der Waals surface area contributed by atoms with E-state index in [9.17, 15) is 0 Å². The topological polar surface area (TPSA) is 9.23 Å². The van der Waals surface area contributed by atoms with Crippen LogP contribution in [0.4, 0.5) is 0 Å². The van der Waals surface area contributed by atoms with Gasteiger partial charge in [0.05, 0.1) is 4.88 Å². The minimum Gasteiger partial charge on any atom is -0.550 e. The van der Waals surface area contributed by atoms with E-state index in [1.54, 1.807) is 0 Å². The summed E-state index contributed by atoms with van der Waals surface area (Å²) in [5.41, 5.74) is 2.50. The van der Waals surface area contributed by atoms with Crippen LogP contribution in [-0.4, -0.2) is 6.92 Å². The Kier molecular flexibility index (Phi) is 2.69. The van der Waals surface area contributed by atoms with Gasteiger partial charge in [-0.25, -0.2) is 0 Å². The van der Waals surface area contributed by atoms with Crippen molar-refractivity contribution >= 4 is 50.6 Å². The smallest absolute Gasteiger partial charge is 0.428 e. The van der Waals surface area contributed by atoms with Gasteiger partial charge < -0.3 is 4.65 Å². The van der Waals surface area contributed by atoms with Crippen LogP contribution in [0.3, 0.4) is 0 Å². The van der Waals surface area contributed by atoms with E-state index in [-0.39, 0.29) is 6.92 Å². The largest absolute Gasteiger partial charge is 0.550 e. The van der Waals surface area contributed by atoms with Crippen molar-refractivity contribution in [1.82, 2.24) is 0 Å². The maximum atomic E-state index is 6.47. The van der Waals surface area contributed by atoms with Crippen LogP contribution in [0.2, 0.25) is 0 Å². The zero-order chi connectivity index (χ0) is 14.5. The van der Waals surface area contributed by atoms with Crippen LogP contribution in [-0.2, 0) is 0 Å². The van der Waals surface area contributed by atoms with Gasteiger partial charge in [0, 0.05) is 15.0 Å². The Morgan fingerprint density at radius 1 is 0.818 bits per heavy atom. The number of benzene rings is 2. The van der Waals surface area contributed by atoms with Gasteiger partial charge in [-0.1, -0.05) is 48.5 Å². The van der Waals surface area contributed by atoms with Crippen molar-refractivity contribution in [2.45, 2.75) is 0 Å². The first-order valence-electron chi connectivity index (χ1n) is 7.23. The van der Waals surface area contributed by atoms with Gasteiger partial charge in [-0.15, -0.1) is 22.7 Å². The summed E-state index contributed by atoms with van der Waals surface area (Å²) < 4.78 is 7.77. The Balaban J connectivity index is 1.78. The summed E-state index contributed by atoms with van der Waals surface area (Å²) in [5, 5.41) is 3.39. The van der Waals surface area contributed by atoms with Crippen molar-refractivity contribution in [2.75, 3.05) is 0 Å². The van der Waals surface area contributed by atoms with Crippen molar-refractivity contribution in [2.24, 2.45) is 0 Å². The van der Waals surface area contributed by atoms with Gasteiger partial charge in [-0.2, -0.15) is 0 Å². The molecule has 4 heteroatoms. The molecule has 2 aromatic heterocycles. The van der Waals surface area contributed by atoms with E-state index in [1.807, 2.05) is 28.7 Å². The van der Waals surface area contributed by atoms with Gasteiger partial charge in [0.15, 0.2) is 0 Å². The maximum Gasteiger partial charge on any atom is 0.428 e. The fourth-order valence-electron chi connectivity index (χ4n) is 3.06. The lowest BCUT2D eigenvalue weighted by atomic mass is 9.54. The Morgan fingerprint density at radius 2 is 1.64 bits per heavy atom. The average Bonchev–Trinajstić information content (AvgIpc) is 3.19. The molecule has 0 atom stereocenters. The highest BCUT2D eigenvalue weighted by Crippen LogP contribution is 2.47. The molecule has 1 aliphatic heterocycles. The number of fused-ring (bicyclic) bond motifs is 5. The lowest BCUT2D eigenvalue weighted by Crippen LogP contribution is -2.49. The molecule has 0 saturated heterocycles. The SMILES string of the molecule is c1ccc(B2Oc3c(sc4ccccc34)-c3sccc32)cc1. The van der Waals surface area contributed by atoms with Crippen LogP contribution in [0, 0.1) is 0 Å². The molecule has 5 rings (SSSR count). The lowest BCUT2D eigenvalue weighted by molar-refractivity contribution is 0.600. The van der Waals surface area contributed by atoms with E-state index in [1.165, 1.54) is 30.8 Å². The summed E-state index contributed by atoms with van der Waals surface area (Å²) in [6.07, 6.45) is 0. The standard InChI is InChI=1S/C18H11BOS2/c1-2-6-12(7-3-1)19-14-10-11-21-17(14)18-16(20-19)13-8-4-5-9-15(13)22-18/h1-11H. The molecule has 4 aromatic rings. The van der Waals surface area contributed by atoms with E-state index in [0.29, 0.717) is 0 Å². The molecule has 3 heterocycles. The molecule has 0 radical (unpaired) electrons. The third-order valence-corrected chi connectivity index (χ3v) is 6.32. The summed E-state index contributed by atoms with van der Waals surface area (Å²) in [4.78, 5) is 2.63. The van der Waals surface area contributed by atoms with Gasteiger partial charge in [-0.05, 0) is 28.4 Å². The molecule has 0 amide bonds. The quantitative estimate of drug-likeness (QED) is 0.480. The molecule has 22 heavy (non-hydrogen) atoms. The second kappa shape index (κ2) is 4.73. The molecule has 0 N–H and O–H groups in total. The van der Waals surface area contributed by atoms with Crippen LogP contribution in [0.15, 0.2) is 66.0 Å². The Bertz CT molecular complexity index is 971. The number of rotatable bonds is 1. The highest BCUT2D eigenvalue weighted by Gasteiger charge is 2.35. The van der Waals surface area contributed by atoms with Crippen LogP contribution < -0.4 is 15.6 Å². The van der Waals surface area contributed by atoms with Crippen molar-refractivity contribution < 1.29 is 4.65 Å². The molecule has 2 aromatic carbocycles. The van der Waals surface area contributed by atoms with Crippen molar-refractivity contribution in [1.29, 1.82) is 0 Å². The van der Waals surface area contributed by atoms with E-state index < -0.39 is 0 Å². The zero-order valence-corrected chi connectivity index (χ0v) is 13.3. The minimum absolute atomic E-state index is 0.00652. The van der Waals surface area contributed by atoms with Crippen molar-refractivity contribution in [3.63, 3.8) is 0 Å². The number of hydrogen-bond acceptors (Lipinski definition) is 3. The van der Waals surface area contributed by atoms with E-state index in [2.05, 4.69) is 60.0 Å². The first-order chi connectivity index (χ1) is 10.9. The highest BCUT2D eigenvalue weighted by atomic mass is 32.1. The second-order valence-corrected chi connectivity index (χ2v) is 7.34. The van der Waals surface area contributed by atoms with Gasteiger partial charge in [0.2, 0.25) is 0 Å². The third kappa shape index (κ3) is 1.71. The molecular formula is C18H11BOS2. The van der Waals surface area contributed by atoms with E-state index in [0.717, 1.165) is 5.75 Å². The zero-order valence-electron chi connectivity index (χ0n) is 11.7. The maximum absolute atomic E-state index is 6.47. The van der Waals surface area contributed by atoms with Gasteiger partial charge in [-0.3, -0.25) is 0 Å². The van der Waals surface area contributed by atoms with Crippen LogP contribution in [0.25, 0.3) is 19.8 Å². The number of hydrogen-bond donors (Lipinski definition) is 0. The van der Waals surface area contributed by atoms with Gasteiger partial charge in [0.1, 0.15) is 5.75 Å². The Morgan fingerprint density at radius 3 is 2.55 bits per heavy atom. The summed E-state index contributed by atoms with van der Waals surface area (Å²) in [6, 6.07) is 21.2. The van der Waals surface area contributed by atoms with Crippen LogP contribution in [0.1, 0.15) is 0 Å².